The van der Waals surface area contributed by atoms with E-state index in [1.54, 1.807) is 12.1 Å². The molecule has 1 unspecified atom stereocenters. The Morgan fingerprint density at radius 3 is 2.39 bits per heavy atom. The summed E-state index contributed by atoms with van der Waals surface area (Å²) in [5.74, 6) is -0.0455. The Morgan fingerprint density at radius 2 is 1.79 bits per heavy atom. The molecule has 1 spiro atoms. The second kappa shape index (κ2) is 10.7. The smallest absolute Gasteiger partial charge is 0.267 e. The standard InChI is InChI=1S/C29H40N6O3/c1-33(2)29(22-10-4-3-5-11-22)16-14-28(15-17-29)20-34(27(38)35(28)18-21-8-6-9-21)19-25(36)32-24-13-7-12-23(31-24)26(30)37/h3-5,7,10-13,21,27,38H,6,8-9,14-20H2,1-2H3,(H2,30,37)(H,31,32,36). The third-order valence-corrected chi connectivity index (χ3v) is 9.18. The molecular formula is C29H40N6O3. The lowest BCUT2D eigenvalue weighted by molar-refractivity contribution is -0.126. The molecule has 0 radical (unpaired) electrons. The number of nitrogens with one attached hydrogen (secondary N) is 1. The molecule has 2 amide bonds. The number of primary amides is 1. The molecule has 2 saturated carbocycles. The van der Waals surface area contributed by atoms with Crippen LogP contribution in [0.15, 0.2) is 48.5 Å². The maximum absolute atomic E-state index is 13.0. The Labute approximate surface area is 225 Å². The summed E-state index contributed by atoms with van der Waals surface area (Å²) in [5, 5.41) is 14.3. The van der Waals surface area contributed by atoms with Crippen molar-refractivity contribution in [1.82, 2.24) is 19.7 Å². The van der Waals surface area contributed by atoms with E-state index in [4.69, 9.17) is 5.73 Å². The molecule has 3 fully saturated rings. The van der Waals surface area contributed by atoms with Gasteiger partial charge in [-0.2, -0.15) is 0 Å². The van der Waals surface area contributed by atoms with Gasteiger partial charge in [0.1, 0.15) is 11.5 Å². The predicted molar refractivity (Wildman–Crippen MR) is 146 cm³/mol. The van der Waals surface area contributed by atoms with Crippen LogP contribution >= 0.6 is 0 Å². The van der Waals surface area contributed by atoms with E-state index in [0.29, 0.717) is 12.5 Å². The molecule has 1 aliphatic heterocycles. The van der Waals surface area contributed by atoms with E-state index in [-0.39, 0.29) is 35.0 Å². The van der Waals surface area contributed by atoms with Gasteiger partial charge in [0.2, 0.25) is 5.91 Å². The second-order valence-corrected chi connectivity index (χ2v) is 11.5. The minimum atomic E-state index is -0.810. The quantitative estimate of drug-likeness (QED) is 0.490. The van der Waals surface area contributed by atoms with Crippen molar-refractivity contribution in [2.75, 3.05) is 39.0 Å². The van der Waals surface area contributed by atoms with Crippen LogP contribution < -0.4 is 11.1 Å². The summed E-state index contributed by atoms with van der Waals surface area (Å²) < 4.78 is 0. The van der Waals surface area contributed by atoms with Gasteiger partial charge in [-0.1, -0.05) is 42.8 Å². The first-order valence-electron chi connectivity index (χ1n) is 13.7. The molecule has 2 aliphatic carbocycles. The van der Waals surface area contributed by atoms with E-state index in [1.807, 2.05) is 4.90 Å². The van der Waals surface area contributed by atoms with Gasteiger partial charge in [0.05, 0.1) is 6.54 Å². The Bertz CT molecular complexity index is 1140. The predicted octanol–water partition coefficient (Wildman–Crippen LogP) is 2.58. The summed E-state index contributed by atoms with van der Waals surface area (Å²) >= 11 is 0. The van der Waals surface area contributed by atoms with Crippen LogP contribution in [0, 0.1) is 5.92 Å². The molecule has 1 aromatic heterocycles. The number of aliphatic hydroxyl groups excluding tert-OH is 1. The number of carbonyl (C=O) groups excluding carboxylic acids is 2. The van der Waals surface area contributed by atoms with Gasteiger partial charge < -0.3 is 16.2 Å². The fraction of sp³-hybridized carbons (Fsp3) is 0.552. The van der Waals surface area contributed by atoms with Crippen LogP contribution in [0.3, 0.4) is 0 Å². The first-order chi connectivity index (χ1) is 18.2. The third kappa shape index (κ3) is 5.08. The molecule has 1 aromatic carbocycles. The average Bonchev–Trinajstić information content (AvgIpc) is 3.12. The van der Waals surface area contributed by atoms with Crippen LogP contribution in [0.4, 0.5) is 5.82 Å². The monoisotopic (exact) mass is 520 g/mol. The number of anilines is 1. The molecule has 3 aliphatic rings. The lowest BCUT2D eigenvalue weighted by Crippen LogP contribution is -2.57. The molecule has 2 aromatic rings. The Hall–Kier alpha value is -2.85. The van der Waals surface area contributed by atoms with E-state index < -0.39 is 12.3 Å². The van der Waals surface area contributed by atoms with Crippen molar-refractivity contribution >= 4 is 17.6 Å². The Kier molecular flexibility index (Phi) is 7.55. The number of nitrogens with two attached hydrogens (primary N) is 1. The number of aromatic nitrogens is 1. The summed E-state index contributed by atoms with van der Waals surface area (Å²) in [6.07, 6.45) is 6.72. The summed E-state index contributed by atoms with van der Waals surface area (Å²) in [7, 11) is 4.33. The van der Waals surface area contributed by atoms with Crippen molar-refractivity contribution in [3.05, 3.63) is 59.8 Å². The van der Waals surface area contributed by atoms with Gasteiger partial charge in [0.25, 0.3) is 5.91 Å². The summed E-state index contributed by atoms with van der Waals surface area (Å²) in [6, 6.07) is 15.5. The number of hydrogen-bond acceptors (Lipinski definition) is 7. The summed E-state index contributed by atoms with van der Waals surface area (Å²) in [4.78, 5) is 35.1. The maximum atomic E-state index is 13.0. The number of nitrogens with zero attached hydrogens (tertiary/aromatic N) is 4. The van der Waals surface area contributed by atoms with E-state index in [0.717, 1.165) is 32.2 Å². The summed E-state index contributed by atoms with van der Waals surface area (Å²) in [5.41, 5.74) is 6.55. The number of benzene rings is 1. The first-order valence-corrected chi connectivity index (χ1v) is 13.7. The number of carbonyl (C=O) groups is 2. The number of pyridine rings is 1. The highest BCUT2D eigenvalue weighted by molar-refractivity contribution is 5.94. The highest BCUT2D eigenvalue weighted by Crippen LogP contribution is 2.50. The summed E-state index contributed by atoms with van der Waals surface area (Å²) in [6.45, 7) is 1.55. The Balaban J connectivity index is 1.33. The van der Waals surface area contributed by atoms with Gasteiger partial charge in [-0.15, -0.1) is 0 Å². The van der Waals surface area contributed by atoms with Crippen molar-refractivity contribution in [2.45, 2.75) is 62.4 Å². The van der Waals surface area contributed by atoms with Crippen LogP contribution in [0.1, 0.15) is 61.0 Å². The molecular weight excluding hydrogens is 480 g/mol. The minimum Gasteiger partial charge on any atom is -0.365 e. The normalized spacial score (nSPS) is 28.5. The number of aliphatic hydroxyl groups is 1. The Morgan fingerprint density at radius 1 is 1.08 bits per heavy atom. The van der Waals surface area contributed by atoms with Crippen molar-refractivity contribution in [3.63, 3.8) is 0 Å². The number of hydrogen-bond donors (Lipinski definition) is 3. The van der Waals surface area contributed by atoms with Crippen LogP contribution in [0.5, 0.6) is 0 Å². The van der Waals surface area contributed by atoms with E-state index in [9.17, 15) is 14.7 Å². The highest BCUT2D eigenvalue weighted by Gasteiger charge is 2.55. The molecule has 9 heteroatoms. The third-order valence-electron chi connectivity index (χ3n) is 9.18. The molecule has 1 atom stereocenters. The van der Waals surface area contributed by atoms with Gasteiger partial charge in [0.15, 0.2) is 6.35 Å². The highest BCUT2D eigenvalue weighted by atomic mass is 16.3. The van der Waals surface area contributed by atoms with Crippen LogP contribution in [0.2, 0.25) is 0 Å². The van der Waals surface area contributed by atoms with Crippen LogP contribution in [-0.2, 0) is 10.3 Å². The van der Waals surface area contributed by atoms with Crippen molar-refractivity contribution in [2.24, 2.45) is 11.7 Å². The molecule has 2 heterocycles. The number of amides is 2. The van der Waals surface area contributed by atoms with Crippen LogP contribution in [0.25, 0.3) is 0 Å². The molecule has 1 saturated heterocycles. The molecule has 4 N–H and O–H groups in total. The zero-order valence-corrected chi connectivity index (χ0v) is 22.5. The van der Waals surface area contributed by atoms with Gasteiger partial charge in [-0.05, 0) is 76.2 Å². The van der Waals surface area contributed by atoms with E-state index in [2.05, 4.69) is 64.5 Å². The average molecular weight is 521 g/mol. The molecule has 5 rings (SSSR count). The zero-order valence-electron chi connectivity index (χ0n) is 22.5. The van der Waals surface area contributed by atoms with Gasteiger partial charge in [-0.25, -0.2) is 4.98 Å². The van der Waals surface area contributed by atoms with Gasteiger partial charge in [0, 0.05) is 24.2 Å². The largest absolute Gasteiger partial charge is 0.365 e. The maximum Gasteiger partial charge on any atom is 0.267 e. The van der Waals surface area contributed by atoms with Gasteiger partial charge in [-0.3, -0.25) is 24.3 Å². The van der Waals surface area contributed by atoms with Crippen molar-refractivity contribution in [3.8, 4) is 0 Å². The lowest BCUT2D eigenvalue weighted by Gasteiger charge is -2.52. The SMILES string of the molecule is CN(C)C1(c2ccccc2)CCC2(CC1)CN(CC(=O)Nc1cccc(C(N)=O)n1)C(O)N2CC1CCC1. The fourth-order valence-electron chi connectivity index (χ4n) is 6.70. The topological polar surface area (TPSA) is 115 Å². The van der Waals surface area contributed by atoms with Crippen LogP contribution in [-0.4, -0.2) is 82.2 Å². The molecule has 38 heavy (non-hydrogen) atoms. The first kappa shape index (κ1) is 26.7. The van der Waals surface area contributed by atoms with Crippen molar-refractivity contribution in [1.29, 1.82) is 0 Å². The number of rotatable bonds is 8. The van der Waals surface area contributed by atoms with E-state index in [1.165, 1.54) is 30.9 Å². The second-order valence-electron chi connectivity index (χ2n) is 11.5. The van der Waals surface area contributed by atoms with Gasteiger partial charge >= 0.3 is 0 Å². The fourth-order valence-corrected chi connectivity index (χ4v) is 6.70. The molecule has 204 valence electrons. The molecule has 0 bridgehead atoms. The molecule has 9 nitrogen and oxygen atoms in total. The van der Waals surface area contributed by atoms with Crippen molar-refractivity contribution < 1.29 is 14.7 Å². The lowest BCUT2D eigenvalue weighted by atomic mass is 9.68. The van der Waals surface area contributed by atoms with E-state index >= 15 is 0 Å². The zero-order chi connectivity index (χ0) is 26.9. The minimum absolute atomic E-state index is 0.0402.